The number of benzene rings is 2. The zero-order valence-electron chi connectivity index (χ0n) is 22.4. The summed E-state index contributed by atoms with van der Waals surface area (Å²) in [6.45, 7) is 3.81. The van der Waals surface area contributed by atoms with Crippen LogP contribution >= 0.6 is 0 Å². The van der Waals surface area contributed by atoms with E-state index in [0.717, 1.165) is 62.5 Å². The molecule has 2 aromatic heterocycles. The third-order valence-corrected chi connectivity index (χ3v) is 6.90. The van der Waals surface area contributed by atoms with Crippen molar-refractivity contribution in [1.29, 1.82) is 0 Å². The van der Waals surface area contributed by atoms with E-state index in [2.05, 4.69) is 32.7 Å². The number of amides is 1. The van der Waals surface area contributed by atoms with Crippen molar-refractivity contribution >= 4 is 34.7 Å². The van der Waals surface area contributed by atoms with Gasteiger partial charge in [-0.2, -0.15) is 0 Å². The number of ether oxygens (including phenoxy) is 1. The number of carbonyl (C=O) groups excluding carboxylic acids is 1. The van der Waals surface area contributed by atoms with Crippen LogP contribution in [0.4, 0.5) is 17.2 Å². The number of aliphatic carboxylic acids is 1. The van der Waals surface area contributed by atoms with Crippen molar-refractivity contribution < 1.29 is 19.4 Å². The highest BCUT2D eigenvalue weighted by atomic mass is 16.5. The molecular weight excluding hydrogens is 508 g/mol. The fourth-order valence-corrected chi connectivity index (χ4v) is 4.75. The molecular formula is C30H34N6O4. The van der Waals surface area contributed by atoms with E-state index in [4.69, 9.17) is 14.8 Å². The Balaban J connectivity index is 1.26. The molecule has 40 heavy (non-hydrogen) atoms. The smallest absolute Gasteiger partial charge is 0.303 e. The Morgan fingerprint density at radius 2 is 1.80 bits per heavy atom. The number of morpholine rings is 1. The number of anilines is 3. The molecule has 10 nitrogen and oxygen atoms in total. The van der Waals surface area contributed by atoms with Crippen molar-refractivity contribution in [1.82, 2.24) is 19.7 Å². The molecule has 1 aliphatic rings. The first-order valence-electron chi connectivity index (χ1n) is 13.7. The molecule has 2 aromatic carbocycles. The zero-order valence-corrected chi connectivity index (χ0v) is 22.4. The average molecular weight is 543 g/mol. The lowest BCUT2D eigenvalue weighted by Crippen LogP contribution is -2.36. The van der Waals surface area contributed by atoms with Gasteiger partial charge in [-0.1, -0.05) is 25.0 Å². The Morgan fingerprint density at radius 3 is 2.60 bits per heavy atom. The Bertz CT molecular complexity index is 1450. The van der Waals surface area contributed by atoms with Gasteiger partial charge in [0, 0.05) is 67.1 Å². The molecule has 0 atom stereocenters. The topological polar surface area (TPSA) is 121 Å². The number of carboxylic acids is 1. The SMILES string of the molecule is O=C(O)CCCCCCNC(=O)c1cccc(-c2cn3ccnc3c(Nc3ccc(N4CCOCC4)cc3)n2)c1. The standard InChI is InChI=1S/C30H34N6O4/c37-27(38)8-3-1-2-4-13-32-30(39)23-7-5-6-22(20-23)26-21-36-15-14-31-29(36)28(34-26)33-24-9-11-25(12-10-24)35-16-18-40-19-17-35/h5-7,9-12,14-15,20-21H,1-4,8,13,16-19H2,(H,32,39)(H,33,34)(H,37,38). The third-order valence-electron chi connectivity index (χ3n) is 6.90. The van der Waals surface area contributed by atoms with Crippen LogP contribution in [0.2, 0.25) is 0 Å². The summed E-state index contributed by atoms with van der Waals surface area (Å²) in [7, 11) is 0. The first kappa shape index (κ1) is 27.1. The largest absolute Gasteiger partial charge is 0.481 e. The summed E-state index contributed by atoms with van der Waals surface area (Å²) < 4.78 is 7.38. The van der Waals surface area contributed by atoms with Gasteiger partial charge < -0.3 is 29.8 Å². The van der Waals surface area contributed by atoms with Crippen LogP contribution in [0.3, 0.4) is 0 Å². The van der Waals surface area contributed by atoms with Gasteiger partial charge >= 0.3 is 5.97 Å². The molecule has 1 amide bonds. The van der Waals surface area contributed by atoms with E-state index in [1.807, 2.05) is 47.1 Å². The summed E-state index contributed by atoms with van der Waals surface area (Å²) >= 11 is 0. The molecule has 1 fully saturated rings. The first-order valence-corrected chi connectivity index (χ1v) is 13.7. The van der Waals surface area contributed by atoms with Crippen molar-refractivity contribution in [2.24, 2.45) is 0 Å². The minimum atomic E-state index is -0.768. The molecule has 0 unspecified atom stereocenters. The summed E-state index contributed by atoms with van der Waals surface area (Å²) in [5.41, 5.74) is 4.87. The molecule has 0 spiro atoms. The molecule has 3 heterocycles. The fraction of sp³-hybridized carbons (Fsp3) is 0.333. The number of hydrogen-bond donors (Lipinski definition) is 3. The predicted octanol–water partition coefficient (Wildman–Crippen LogP) is 4.74. The summed E-state index contributed by atoms with van der Waals surface area (Å²) in [6.07, 6.45) is 8.91. The molecule has 0 aliphatic carbocycles. The van der Waals surface area contributed by atoms with Crippen LogP contribution in [0, 0.1) is 0 Å². The van der Waals surface area contributed by atoms with Crippen LogP contribution in [0.1, 0.15) is 42.5 Å². The molecule has 0 saturated carbocycles. The number of nitrogens with one attached hydrogen (secondary N) is 2. The van der Waals surface area contributed by atoms with Crippen molar-refractivity contribution in [3.8, 4) is 11.3 Å². The number of nitrogens with zero attached hydrogens (tertiary/aromatic N) is 4. The monoisotopic (exact) mass is 542 g/mol. The van der Waals surface area contributed by atoms with E-state index in [0.29, 0.717) is 35.7 Å². The highest BCUT2D eigenvalue weighted by Crippen LogP contribution is 2.26. The minimum absolute atomic E-state index is 0.144. The van der Waals surface area contributed by atoms with E-state index < -0.39 is 5.97 Å². The Morgan fingerprint density at radius 1 is 1.00 bits per heavy atom. The Hall–Kier alpha value is -4.44. The lowest BCUT2D eigenvalue weighted by Gasteiger charge is -2.28. The number of carbonyl (C=O) groups is 2. The van der Waals surface area contributed by atoms with Crippen molar-refractivity contribution in [3.63, 3.8) is 0 Å². The summed E-state index contributed by atoms with van der Waals surface area (Å²) in [5.74, 6) is -0.287. The second-order valence-electron chi connectivity index (χ2n) is 9.80. The molecule has 0 bridgehead atoms. The van der Waals surface area contributed by atoms with Gasteiger partial charge in [0.1, 0.15) is 0 Å². The molecule has 3 N–H and O–H groups in total. The molecule has 1 saturated heterocycles. The maximum Gasteiger partial charge on any atom is 0.303 e. The number of unbranched alkanes of at least 4 members (excludes halogenated alkanes) is 3. The lowest BCUT2D eigenvalue weighted by molar-refractivity contribution is -0.137. The molecule has 10 heteroatoms. The van der Waals surface area contributed by atoms with Gasteiger partial charge in [0.25, 0.3) is 5.91 Å². The van der Waals surface area contributed by atoms with Crippen LogP contribution in [0.5, 0.6) is 0 Å². The van der Waals surface area contributed by atoms with Crippen LogP contribution in [-0.4, -0.2) is 64.2 Å². The zero-order chi connectivity index (χ0) is 27.7. The van der Waals surface area contributed by atoms with Gasteiger partial charge in [-0.05, 0) is 49.2 Å². The van der Waals surface area contributed by atoms with Crippen molar-refractivity contribution in [3.05, 3.63) is 72.7 Å². The predicted molar refractivity (Wildman–Crippen MR) is 154 cm³/mol. The average Bonchev–Trinajstić information content (AvgIpc) is 3.47. The second kappa shape index (κ2) is 13.1. The van der Waals surface area contributed by atoms with E-state index in [1.54, 1.807) is 12.3 Å². The minimum Gasteiger partial charge on any atom is -0.481 e. The van der Waals surface area contributed by atoms with Crippen LogP contribution in [0.15, 0.2) is 67.1 Å². The van der Waals surface area contributed by atoms with Gasteiger partial charge in [-0.15, -0.1) is 0 Å². The second-order valence-corrected chi connectivity index (χ2v) is 9.80. The first-order chi connectivity index (χ1) is 19.6. The number of carboxylic acid groups (broad SMARTS) is 1. The number of aromatic nitrogens is 3. The highest BCUT2D eigenvalue weighted by molar-refractivity contribution is 5.95. The summed E-state index contributed by atoms with van der Waals surface area (Å²) in [4.78, 5) is 35.0. The van der Waals surface area contributed by atoms with Gasteiger partial charge in [0.2, 0.25) is 0 Å². The molecule has 0 radical (unpaired) electrons. The van der Waals surface area contributed by atoms with Crippen molar-refractivity contribution in [2.75, 3.05) is 43.1 Å². The van der Waals surface area contributed by atoms with Gasteiger partial charge in [0.05, 0.1) is 18.9 Å². The maximum absolute atomic E-state index is 12.8. The number of imidazole rings is 1. The number of fused-ring (bicyclic) bond motifs is 1. The Labute approximate surface area is 233 Å². The summed E-state index contributed by atoms with van der Waals surface area (Å²) in [6, 6.07) is 15.7. The highest BCUT2D eigenvalue weighted by Gasteiger charge is 2.14. The van der Waals surface area contributed by atoms with Crippen LogP contribution < -0.4 is 15.5 Å². The van der Waals surface area contributed by atoms with Gasteiger partial charge in [-0.3, -0.25) is 9.59 Å². The molecule has 4 aromatic rings. The summed E-state index contributed by atoms with van der Waals surface area (Å²) in [5, 5.41) is 15.1. The molecule has 208 valence electrons. The maximum atomic E-state index is 12.8. The van der Waals surface area contributed by atoms with E-state index >= 15 is 0 Å². The lowest BCUT2D eigenvalue weighted by atomic mass is 10.1. The normalized spacial score (nSPS) is 13.3. The van der Waals surface area contributed by atoms with Crippen LogP contribution in [-0.2, 0) is 9.53 Å². The fourth-order valence-electron chi connectivity index (χ4n) is 4.75. The molecule has 5 rings (SSSR count). The number of rotatable bonds is 12. The quantitative estimate of drug-likeness (QED) is 0.220. The van der Waals surface area contributed by atoms with Crippen LogP contribution in [0.25, 0.3) is 16.9 Å². The number of hydrogen-bond acceptors (Lipinski definition) is 7. The van der Waals surface area contributed by atoms with Gasteiger partial charge in [-0.25, -0.2) is 9.97 Å². The third kappa shape index (κ3) is 6.95. The molecule has 1 aliphatic heterocycles. The van der Waals surface area contributed by atoms with E-state index in [1.165, 1.54) is 0 Å². The van der Waals surface area contributed by atoms with E-state index in [-0.39, 0.29) is 12.3 Å². The van der Waals surface area contributed by atoms with Crippen molar-refractivity contribution in [2.45, 2.75) is 32.1 Å². The van der Waals surface area contributed by atoms with E-state index in [9.17, 15) is 9.59 Å². The van der Waals surface area contributed by atoms with Gasteiger partial charge in [0.15, 0.2) is 11.5 Å². The Kier molecular flexibility index (Phi) is 8.87.